The quantitative estimate of drug-likeness (QED) is 0.704. The molecule has 0 saturated heterocycles. The molecule has 0 bridgehead atoms. The Hall–Kier alpha value is -0.710. The van der Waals surface area contributed by atoms with E-state index in [9.17, 15) is 0 Å². The summed E-state index contributed by atoms with van der Waals surface area (Å²) in [5.41, 5.74) is 1.17. The molecule has 15 heavy (non-hydrogen) atoms. The lowest BCUT2D eigenvalue weighted by molar-refractivity contribution is 0.628. The normalized spacial score (nSPS) is 12.1. The highest BCUT2D eigenvalue weighted by Crippen LogP contribution is 2.25. The first-order chi connectivity index (χ1) is 7.27. The fourth-order valence-corrected chi connectivity index (χ4v) is 1.84. The predicted octanol–water partition coefficient (Wildman–Crippen LogP) is 4.36. The summed E-state index contributed by atoms with van der Waals surface area (Å²) in [7, 11) is 0. The molecular formula is C12H13Cl2N. The summed E-state index contributed by atoms with van der Waals surface area (Å²) in [6.07, 6.45) is 2.44. The van der Waals surface area contributed by atoms with Crippen LogP contribution in [0.5, 0.6) is 0 Å². The smallest absolute Gasteiger partial charge is 0.0628 e. The Morgan fingerprint density at radius 3 is 2.47 bits per heavy atom. The van der Waals surface area contributed by atoms with Crippen LogP contribution in [-0.4, -0.2) is 5.88 Å². The Balaban J connectivity index is 2.70. The molecule has 0 heterocycles. The van der Waals surface area contributed by atoms with Gasteiger partial charge in [-0.05, 0) is 36.5 Å². The molecule has 0 saturated carbocycles. The molecule has 1 rings (SSSR count). The molecule has 1 aromatic carbocycles. The van der Waals surface area contributed by atoms with Gasteiger partial charge >= 0.3 is 0 Å². The number of halogens is 2. The fourth-order valence-electron chi connectivity index (χ4n) is 1.56. The summed E-state index contributed by atoms with van der Waals surface area (Å²) in [6, 6.07) is 9.91. The highest BCUT2D eigenvalue weighted by molar-refractivity contribution is 6.30. The molecule has 0 amide bonds. The Morgan fingerprint density at radius 2 is 1.93 bits per heavy atom. The molecule has 0 N–H and O–H groups in total. The zero-order valence-corrected chi connectivity index (χ0v) is 9.93. The topological polar surface area (TPSA) is 23.8 Å². The summed E-state index contributed by atoms with van der Waals surface area (Å²) < 4.78 is 0. The van der Waals surface area contributed by atoms with Crippen LogP contribution in [0.25, 0.3) is 0 Å². The van der Waals surface area contributed by atoms with Crippen molar-refractivity contribution in [3.8, 4) is 6.07 Å². The summed E-state index contributed by atoms with van der Waals surface area (Å²) in [5.74, 6) is 0.932. The zero-order valence-electron chi connectivity index (χ0n) is 8.42. The second-order valence-corrected chi connectivity index (χ2v) is 4.26. The van der Waals surface area contributed by atoms with Gasteiger partial charge in [-0.15, -0.1) is 11.6 Å². The van der Waals surface area contributed by atoms with E-state index in [1.807, 2.05) is 24.3 Å². The Morgan fingerprint density at radius 1 is 1.27 bits per heavy atom. The largest absolute Gasteiger partial charge is 0.198 e. The third-order valence-corrected chi connectivity index (χ3v) is 2.88. The third-order valence-electron chi connectivity index (χ3n) is 2.37. The minimum Gasteiger partial charge on any atom is -0.198 e. The van der Waals surface area contributed by atoms with Gasteiger partial charge in [0, 0.05) is 17.3 Å². The van der Waals surface area contributed by atoms with Crippen LogP contribution in [0.1, 0.15) is 30.7 Å². The van der Waals surface area contributed by atoms with Crippen LogP contribution in [0.2, 0.25) is 5.02 Å². The van der Waals surface area contributed by atoms with E-state index in [1.165, 1.54) is 5.56 Å². The minimum absolute atomic E-state index is 0.283. The lowest BCUT2D eigenvalue weighted by Gasteiger charge is -2.13. The van der Waals surface area contributed by atoms with E-state index in [2.05, 4.69) is 6.07 Å². The van der Waals surface area contributed by atoms with E-state index >= 15 is 0 Å². The summed E-state index contributed by atoms with van der Waals surface area (Å²) in [4.78, 5) is 0. The van der Waals surface area contributed by atoms with Crippen molar-refractivity contribution in [1.29, 1.82) is 5.26 Å². The van der Waals surface area contributed by atoms with E-state index in [1.54, 1.807) is 0 Å². The molecule has 3 heteroatoms. The van der Waals surface area contributed by atoms with E-state index < -0.39 is 0 Å². The molecule has 0 fully saturated rings. The average Bonchev–Trinajstić information content (AvgIpc) is 2.25. The molecule has 0 aliphatic rings. The highest BCUT2D eigenvalue weighted by atomic mass is 35.5. The third kappa shape index (κ3) is 4.11. The first-order valence-electron chi connectivity index (χ1n) is 4.96. The molecule has 0 aromatic heterocycles. The first kappa shape index (κ1) is 12.4. The lowest BCUT2D eigenvalue weighted by Crippen LogP contribution is -1.98. The van der Waals surface area contributed by atoms with Crippen molar-refractivity contribution in [2.24, 2.45) is 0 Å². The van der Waals surface area contributed by atoms with E-state index in [-0.39, 0.29) is 5.92 Å². The average molecular weight is 242 g/mol. The van der Waals surface area contributed by atoms with Crippen molar-refractivity contribution >= 4 is 23.2 Å². The molecule has 0 aliphatic carbocycles. The fraction of sp³-hybridized carbons (Fsp3) is 0.417. The van der Waals surface area contributed by atoms with Crippen LogP contribution < -0.4 is 0 Å². The van der Waals surface area contributed by atoms with E-state index in [0.717, 1.165) is 17.9 Å². The maximum atomic E-state index is 8.74. The van der Waals surface area contributed by atoms with Gasteiger partial charge in [0.05, 0.1) is 6.07 Å². The van der Waals surface area contributed by atoms with Gasteiger partial charge in [0.2, 0.25) is 0 Å². The number of alkyl halides is 1. The van der Waals surface area contributed by atoms with Crippen molar-refractivity contribution in [2.45, 2.75) is 25.2 Å². The predicted molar refractivity (Wildman–Crippen MR) is 64.4 cm³/mol. The summed E-state index contributed by atoms with van der Waals surface area (Å²) in [5, 5.41) is 9.47. The molecule has 0 radical (unpaired) electrons. The Bertz CT molecular complexity index is 326. The maximum Gasteiger partial charge on any atom is 0.0628 e. The highest BCUT2D eigenvalue weighted by Gasteiger charge is 2.10. The van der Waals surface area contributed by atoms with E-state index in [0.29, 0.717) is 12.3 Å². The summed E-state index contributed by atoms with van der Waals surface area (Å²) in [6.45, 7) is 0. The molecule has 1 unspecified atom stereocenters. The number of hydrogen-bond donors (Lipinski definition) is 0. The molecule has 0 spiro atoms. The van der Waals surface area contributed by atoms with E-state index in [4.69, 9.17) is 28.5 Å². The second kappa shape index (κ2) is 6.71. The number of nitrogens with zero attached hydrogens (tertiary/aromatic N) is 1. The minimum atomic E-state index is 0.283. The van der Waals surface area contributed by atoms with Gasteiger partial charge in [0.1, 0.15) is 0 Å². The summed E-state index contributed by atoms with van der Waals surface area (Å²) >= 11 is 11.5. The first-order valence-corrected chi connectivity index (χ1v) is 5.87. The second-order valence-electron chi connectivity index (χ2n) is 3.44. The van der Waals surface area contributed by atoms with Crippen LogP contribution in [0, 0.1) is 11.3 Å². The molecule has 1 nitrogen and oxygen atoms in total. The molecule has 80 valence electrons. The van der Waals surface area contributed by atoms with Crippen LogP contribution in [0.4, 0.5) is 0 Å². The maximum absolute atomic E-state index is 8.74. The van der Waals surface area contributed by atoms with Crippen molar-refractivity contribution in [1.82, 2.24) is 0 Å². The lowest BCUT2D eigenvalue weighted by atomic mass is 9.92. The van der Waals surface area contributed by atoms with Crippen molar-refractivity contribution < 1.29 is 0 Å². The number of nitriles is 1. The van der Waals surface area contributed by atoms with Gasteiger partial charge in [-0.25, -0.2) is 0 Å². The van der Waals surface area contributed by atoms with Gasteiger partial charge in [-0.2, -0.15) is 5.26 Å². The standard InChI is InChI=1S/C12H13Cl2N/c13-8-1-2-10(7-9-15)11-3-5-12(14)6-4-11/h3-6,10H,1-2,7-8H2. The van der Waals surface area contributed by atoms with Gasteiger partial charge in [-0.1, -0.05) is 23.7 Å². The Labute approximate surface area is 101 Å². The van der Waals surface area contributed by atoms with Gasteiger partial charge in [0.25, 0.3) is 0 Å². The molecule has 0 aliphatic heterocycles. The zero-order chi connectivity index (χ0) is 11.1. The Kier molecular flexibility index (Phi) is 5.53. The van der Waals surface area contributed by atoms with Gasteiger partial charge in [0.15, 0.2) is 0 Å². The molecular weight excluding hydrogens is 229 g/mol. The number of hydrogen-bond acceptors (Lipinski definition) is 1. The van der Waals surface area contributed by atoms with Crippen LogP contribution in [-0.2, 0) is 0 Å². The van der Waals surface area contributed by atoms with Gasteiger partial charge < -0.3 is 0 Å². The number of rotatable bonds is 5. The number of benzene rings is 1. The van der Waals surface area contributed by atoms with Crippen LogP contribution >= 0.6 is 23.2 Å². The molecule has 1 aromatic rings. The SMILES string of the molecule is N#CCC(CCCCl)c1ccc(Cl)cc1. The van der Waals surface area contributed by atoms with Crippen molar-refractivity contribution in [3.63, 3.8) is 0 Å². The van der Waals surface area contributed by atoms with Crippen molar-refractivity contribution in [3.05, 3.63) is 34.9 Å². The van der Waals surface area contributed by atoms with Crippen molar-refractivity contribution in [2.75, 3.05) is 5.88 Å². The monoisotopic (exact) mass is 241 g/mol. The molecule has 1 atom stereocenters. The van der Waals surface area contributed by atoms with Crippen LogP contribution in [0.3, 0.4) is 0 Å². The van der Waals surface area contributed by atoms with Gasteiger partial charge in [-0.3, -0.25) is 0 Å². The van der Waals surface area contributed by atoms with Crippen LogP contribution in [0.15, 0.2) is 24.3 Å².